The summed E-state index contributed by atoms with van der Waals surface area (Å²) in [6, 6.07) is 49.3. The first-order chi connectivity index (χ1) is 25.8. The third kappa shape index (κ3) is 6.35. The number of hydrogen-bond acceptors (Lipinski definition) is 4. The molecule has 1 aliphatic rings. The van der Waals surface area contributed by atoms with Gasteiger partial charge in [-0.25, -0.2) is 9.37 Å². The minimum absolute atomic E-state index is 0. The van der Waals surface area contributed by atoms with E-state index in [1.54, 1.807) is 12.1 Å². The Morgan fingerprint density at radius 3 is 2.26 bits per heavy atom. The first-order valence-electron chi connectivity index (χ1n) is 17.8. The van der Waals surface area contributed by atoms with Crippen LogP contribution < -0.4 is 14.5 Å². The second-order valence-corrected chi connectivity index (χ2v) is 13.9. The maximum Gasteiger partial charge on any atom is 0.135 e. The minimum atomic E-state index is -0.273. The second kappa shape index (κ2) is 14.3. The van der Waals surface area contributed by atoms with Gasteiger partial charge in [0, 0.05) is 61.3 Å². The Hall–Kier alpha value is -5.71. The molecule has 0 N–H and O–H groups in total. The van der Waals surface area contributed by atoms with Crippen LogP contribution in [-0.4, -0.2) is 9.55 Å². The molecule has 0 fully saturated rings. The van der Waals surface area contributed by atoms with E-state index in [1.807, 2.05) is 37.1 Å². The van der Waals surface area contributed by atoms with Gasteiger partial charge in [-0.05, 0) is 96.4 Å². The van der Waals surface area contributed by atoms with E-state index in [0.29, 0.717) is 17.4 Å². The van der Waals surface area contributed by atoms with Crippen molar-refractivity contribution in [1.29, 1.82) is 0 Å². The standard InChI is InChI=1S/C47H36FN4O.Pt/c1-30(2)33-21-22-49-47(26-33)52-43-10-6-5-9-41(43)42-20-18-38(28-46(42)52)53-39-25-34(40-19-13-31(3)23-32(40)4)24-37(27-39)51-29-50(36-16-14-35(48)15-17-36)44-11-7-8-12-45(44)51;/h5-26,29-30H,1-4H3;/q-3;. The Bertz CT molecular complexity index is 2670. The fraction of sp³-hybridized carbons (Fsp3) is 0.106. The van der Waals surface area contributed by atoms with Crippen LogP contribution in [0.25, 0.3) is 38.8 Å². The van der Waals surface area contributed by atoms with Gasteiger partial charge in [-0.3, -0.25) is 0 Å². The zero-order valence-electron chi connectivity index (χ0n) is 30.2. The number of aryl methyl sites for hydroxylation is 2. The number of ether oxygens (including phenoxy) is 1. The average molecular weight is 887 g/mol. The Balaban J connectivity index is 0.00000413. The molecule has 0 amide bonds. The molecule has 0 unspecified atom stereocenters. The summed E-state index contributed by atoms with van der Waals surface area (Å²) >= 11 is 0. The van der Waals surface area contributed by atoms with Crippen LogP contribution >= 0.6 is 0 Å². The van der Waals surface area contributed by atoms with Crippen LogP contribution in [0.2, 0.25) is 0 Å². The van der Waals surface area contributed by atoms with Gasteiger partial charge in [0.1, 0.15) is 11.6 Å². The number of aromatic nitrogens is 2. The zero-order valence-corrected chi connectivity index (χ0v) is 32.5. The molecule has 0 bridgehead atoms. The Kier molecular flexibility index (Phi) is 9.33. The van der Waals surface area contributed by atoms with Gasteiger partial charge in [0.2, 0.25) is 0 Å². The van der Waals surface area contributed by atoms with E-state index in [1.165, 1.54) is 28.8 Å². The summed E-state index contributed by atoms with van der Waals surface area (Å²) < 4.78 is 22.8. The van der Waals surface area contributed by atoms with Crippen molar-refractivity contribution >= 4 is 44.6 Å². The summed E-state index contributed by atoms with van der Waals surface area (Å²) in [5.74, 6) is 2.06. The van der Waals surface area contributed by atoms with E-state index >= 15 is 0 Å². The molecule has 3 heterocycles. The van der Waals surface area contributed by atoms with E-state index < -0.39 is 0 Å². The third-order valence-electron chi connectivity index (χ3n) is 9.96. The average Bonchev–Trinajstić information content (AvgIpc) is 3.71. The molecule has 8 aromatic rings. The van der Waals surface area contributed by atoms with Crippen molar-refractivity contribution in [3.8, 4) is 28.4 Å². The maximum absolute atomic E-state index is 13.9. The van der Waals surface area contributed by atoms with Crippen molar-refractivity contribution in [1.82, 2.24) is 9.55 Å². The van der Waals surface area contributed by atoms with E-state index in [4.69, 9.17) is 9.72 Å². The van der Waals surface area contributed by atoms with Gasteiger partial charge in [-0.15, -0.1) is 53.6 Å². The second-order valence-electron chi connectivity index (χ2n) is 13.9. The quantitative estimate of drug-likeness (QED) is 0.149. The van der Waals surface area contributed by atoms with Gasteiger partial charge in [0.15, 0.2) is 0 Å². The maximum atomic E-state index is 13.9. The number of hydrogen-bond donors (Lipinski definition) is 0. The number of nitrogens with zero attached hydrogens (tertiary/aromatic N) is 4. The number of pyridine rings is 1. The molecule has 270 valence electrons. The first kappa shape index (κ1) is 35.3. The smallest absolute Gasteiger partial charge is 0.135 e. The monoisotopic (exact) mass is 886 g/mol. The fourth-order valence-electron chi connectivity index (χ4n) is 7.32. The molecule has 7 heteroatoms. The molecule has 54 heavy (non-hydrogen) atoms. The van der Waals surface area contributed by atoms with Crippen LogP contribution in [0.3, 0.4) is 0 Å². The normalized spacial score (nSPS) is 12.4. The van der Waals surface area contributed by atoms with Crippen LogP contribution in [0.15, 0.2) is 134 Å². The van der Waals surface area contributed by atoms with Crippen molar-refractivity contribution in [2.75, 3.05) is 9.80 Å². The molecular formula is C47H36FN4OPt-3. The van der Waals surface area contributed by atoms with Crippen molar-refractivity contribution in [2.45, 2.75) is 33.6 Å². The number of para-hydroxylation sites is 3. The molecule has 6 aromatic carbocycles. The number of anilines is 4. The first-order valence-corrected chi connectivity index (χ1v) is 17.8. The van der Waals surface area contributed by atoms with Gasteiger partial charge in [-0.1, -0.05) is 73.5 Å². The van der Waals surface area contributed by atoms with Crippen LogP contribution in [0.5, 0.6) is 11.5 Å². The molecular weight excluding hydrogens is 851 g/mol. The molecule has 0 saturated heterocycles. The number of halogens is 1. The van der Waals surface area contributed by atoms with Gasteiger partial charge in [-0.2, -0.15) is 6.07 Å². The summed E-state index contributed by atoms with van der Waals surface area (Å²) in [5, 5.41) is 2.20. The predicted molar refractivity (Wildman–Crippen MR) is 213 cm³/mol. The van der Waals surface area contributed by atoms with Crippen molar-refractivity contribution in [3.05, 3.63) is 175 Å². The van der Waals surface area contributed by atoms with Gasteiger partial charge in [0.05, 0.1) is 0 Å². The van der Waals surface area contributed by atoms with E-state index in [-0.39, 0.29) is 26.9 Å². The van der Waals surface area contributed by atoms with E-state index in [2.05, 4.69) is 133 Å². The largest absolute Gasteiger partial charge is 0.509 e. The summed E-state index contributed by atoms with van der Waals surface area (Å²) in [5.41, 5.74) is 11.3. The molecule has 5 nitrogen and oxygen atoms in total. The van der Waals surface area contributed by atoms with Crippen molar-refractivity contribution in [3.63, 3.8) is 0 Å². The van der Waals surface area contributed by atoms with Crippen molar-refractivity contribution in [2.24, 2.45) is 0 Å². The number of rotatable bonds is 7. The van der Waals surface area contributed by atoms with Crippen molar-refractivity contribution < 1.29 is 30.2 Å². The van der Waals surface area contributed by atoms with Crippen LogP contribution in [0, 0.1) is 38.5 Å². The molecule has 0 aliphatic carbocycles. The Morgan fingerprint density at radius 1 is 0.722 bits per heavy atom. The molecule has 9 rings (SSSR count). The Morgan fingerprint density at radius 2 is 1.48 bits per heavy atom. The van der Waals surface area contributed by atoms with Crippen LogP contribution in [0.4, 0.5) is 27.1 Å². The summed E-state index contributed by atoms with van der Waals surface area (Å²) in [6.45, 7) is 10.6. The van der Waals surface area contributed by atoms with Crippen LogP contribution in [0.1, 0.15) is 36.5 Å². The van der Waals surface area contributed by atoms with Gasteiger partial charge >= 0.3 is 0 Å². The SMILES string of the molecule is Cc1ccc(-c2cc(Oc3[c-]c4c(cc3)c3ccccc3n4-c3cc(C(C)C)ccn3)[c-]c(N3[CH-]N(c4ccc(F)cc4)c4ccccc43)c2)c(C)c1.[Pt]. The summed E-state index contributed by atoms with van der Waals surface area (Å²) in [4.78, 5) is 8.98. The van der Waals surface area contributed by atoms with E-state index in [9.17, 15) is 4.39 Å². The number of fused-ring (bicyclic) bond motifs is 4. The number of benzene rings is 6. The Labute approximate surface area is 329 Å². The molecule has 2 aromatic heterocycles. The topological polar surface area (TPSA) is 33.5 Å². The van der Waals surface area contributed by atoms with E-state index in [0.717, 1.165) is 61.5 Å². The molecule has 0 radical (unpaired) electrons. The zero-order chi connectivity index (χ0) is 36.2. The molecule has 1 aliphatic heterocycles. The third-order valence-corrected chi connectivity index (χ3v) is 9.96. The van der Waals surface area contributed by atoms with Crippen LogP contribution in [-0.2, 0) is 21.1 Å². The van der Waals surface area contributed by atoms with Gasteiger partial charge in [0.25, 0.3) is 0 Å². The minimum Gasteiger partial charge on any atom is -0.509 e. The molecule has 0 saturated carbocycles. The summed E-state index contributed by atoms with van der Waals surface area (Å²) in [6.07, 6.45) is 1.88. The van der Waals surface area contributed by atoms with Gasteiger partial charge < -0.3 is 19.1 Å². The fourth-order valence-corrected chi connectivity index (χ4v) is 7.32. The molecule has 0 spiro atoms. The molecule has 0 atom stereocenters. The summed E-state index contributed by atoms with van der Waals surface area (Å²) in [7, 11) is 0. The predicted octanol–water partition coefficient (Wildman–Crippen LogP) is 12.5.